The van der Waals surface area contributed by atoms with Crippen molar-refractivity contribution in [3.05, 3.63) is 23.5 Å². The van der Waals surface area contributed by atoms with Crippen LogP contribution in [0.3, 0.4) is 0 Å². The molecule has 1 aliphatic rings. The zero-order valence-corrected chi connectivity index (χ0v) is 9.57. The van der Waals surface area contributed by atoms with E-state index >= 15 is 0 Å². The van der Waals surface area contributed by atoms with Gasteiger partial charge in [-0.3, -0.25) is 4.84 Å². The Kier molecular flexibility index (Phi) is 3.60. The summed E-state index contributed by atoms with van der Waals surface area (Å²) in [6.07, 6.45) is 7.19. The van der Waals surface area contributed by atoms with Crippen molar-refractivity contribution >= 4 is 0 Å². The van der Waals surface area contributed by atoms with E-state index in [1.165, 1.54) is 12.8 Å². The van der Waals surface area contributed by atoms with Crippen molar-refractivity contribution in [3.63, 3.8) is 0 Å². The number of hydrogen-bond donors (Lipinski definition) is 1. The maximum absolute atomic E-state index is 8.81. The number of aryl methyl sites for hydroxylation is 1. The van der Waals surface area contributed by atoms with Crippen molar-refractivity contribution < 1.29 is 4.84 Å². The molecule has 1 aromatic heterocycles. The van der Waals surface area contributed by atoms with Gasteiger partial charge in [-0.2, -0.15) is 10.7 Å². The summed E-state index contributed by atoms with van der Waals surface area (Å²) in [6.45, 7) is 0.659. The van der Waals surface area contributed by atoms with E-state index in [1.54, 1.807) is 0 Å². The molecule has 1 aromatic rings. The third-order valence-electron chi connectivity index (χ3n) is 3.00. The van der Waals surface area contributed by atoms with E-state index in [9.17, 15) is 0 Å². The van der Waals surface area contributed by atoms with E-state index in [2.05, 4.69) is 11.5 Å². The first-order valence-corrected chi connectivity index (χ1v) is 5.73. The van der Waals surface area contributed by atoms with Gasteiger partial charge in [-0.25, -0.2) is 0 Å². The Hall–Kier alpha value is -1.31. The molecule has 1 fully saturated rings. The lowest BCUT2D eigenvalue weighted by molar-refractivity contribution is -0.0244. The van der Waals surface area contributed by atoms with Gasteiger partial charge in [0.05, 0.1) is 6.10 Å². The summed E-state index contributed by atoms with van der Waals surface area (Å²) in [6, 6.07) is 4.02. The zero-order chi connectivity index (χ0) is 11.4. The van der Waals surface area contributed by atoms with Crippen LogP contribution in [0.1, 0.15) is 36.9 Å². The zero-order valence-electron chi connectivity index (χ0n) is 9.57. The second-order valence-electron chi connectivity index (χ2n) is 4.30. The van der Waals surface area contributed by atoms with Crippen LogP contribution in [0, 0.1) is 11.3 Å². The van der Waals surface area contributed by atoms with E-state index in [4.69, 9.17) is 10.1 Å². The Labute approximate surface area is 95.8 Å². The predicted octanol–water partition coefficient (Wildman–Crippen LogP) is 1.86. The molecule has 1 aliphatic carbocycles. The monoisotopic (exact) mass is 219 g/mol. The third kappa shape index (κ3) is 2.63. The van der Waals surface area contributed by atoms with Crippen LogP contribution in [-0.4, -0.2) is 10.7 Å². The Morgan fingerprint density at radius 2 is 2.31 bits per heavy atom. The average Bonchev–Trinajstić information content (AvgIpc) is 2.88. The number of aromatic nitrogens is 1. The maximum Gasteiger partial charge on any atom is 0.120 e. The second-order valence-corrected chi connectivity index (χ2v) is 4.30. The summed E-state index contributed by atoms with van der Waals surface area (Å²) in [7, 11) is 1.87. The van der Waals surface area contributed by atoms with Gasteiger partial charge >= 0.3 is 0 Å². The van der Waals surface area contributed by atoms with Crippen LogP contribution in [0.15, 0.2) is 12.3 Å². The van der Waals surface area contributed by atoms with E-state index in [-0.39, 0.29) is 0 Å². The minimum atomic E-state index is 0.374. The van der Waals surface area contributed by atoms with Crippen molar-refractivity contribution in [3.8, 4) is 6.07 Å². The summed E-state index contributed by atoms with van der Waals surface area (Å²) in [5.74, 6) is 0. The molecular formula is C12H17N3O. The molecule has 4 nitrogen and oxygen atoms in total. The molecule has 1 heterocycles. The lowest BCUT2D eigenvalue weighted by Gasteiger charge is -2.10. The molecule has 0 aliphatic heterocycles. The van der Waals surface area contributed by atoms with Crippen molar-refractivity contribution in [1.82, 2.24) is 10.0 Å². The van der Waals surface area contributed by atoms with Crippen LogP contribution in [0.5, 0.6) is 0 Å². The fourth-order valence-electron chi connectivity index (χ4n) is 2.09. The molecule has 0 atom stereocenters. The number of nitrogens with one attached hydrogen (secondary N) is 1. The highest BCUT2D eigenvalue weighted by molar-refractivity contribution is 5.28. The summed E-state index contributed by atoms with van der Waals surface area (Å²) in [5, 5.41) is 8.81. The Morgan fingerprint density at radius 1 is 1.56 bits per heavy atom. The SMILES string of the molecule is Cn1cc(CNOC2CCCC2)cc1C#N. The normalized spacial score (nSPS) is 16.5. The van der Waals surface area contributed by atoms with Gasteiger partial charge in [0.25, 0.3) is 0 Å². The molecule has 1 N–H and O–H groups in total. The van der Waals surface area contributed by atoms with Crippen molar-refractivity contribution in [2.24, 2.45) is 7.05 Å². The highest BCUT2D eigenvalue weighted by atomic mass is 16.7. The van der Waals surface area contributed by atoms with E-state index < -0.39 is 0 Å². The second kappa shape index (κ2) is 5.15. The van der Waals surface area contributed by atoms with Gasteiger partial charge in [-0.15, -0.1) is 0 Å². The smallest absolute Gasteiger partial charge is 0.120 e. The van der Waals surface area contributed by atoms with E-state index in [0.717, 1.165) is 18.4 Å². The summed E-state index contributed by atoms with van der Waals surface area (Å²) >= 11 is 0. The van der Waals surface area contributed by atoms with Crippen molar-refractivity contribution in [1.29, 1.82) is 5.26 Å². The molecule has 0 aromatic carbocycles. The summed E-state index contributed by atoms with van der Waals surface area (Å²) in [4.78, 5) is 5.55. The number of hydrogen-bond acceptors (Lipinski definition) is 3. The third-order valence-corrected chi connectivity index (χ3v) is 3.00. The number of nitrogens with zero attached hydrogens (tertiary/aromatic N) is 2. The molecule has 0 saturated heterocycles. The highest BCUT2D eigenvalue weighted by Crippen LogP contribution is 2.20. The Morgan fingerprint density at radius 3 is 2.94 bits per heavy atom. The molecule has 0 bridgehead atoms. The van der Waals surface area contributed by atoms with Gasteiger partial charge in [0, 0.05) is 19.8 Å². The Bertz CT molecular complexity index is 385. The standard InChI is InChI=1S/C12H17N3O/c1-15-9-10(6-11(15)7-13)8-14-16-12-4-2-3-5-12/h6,9,12,14H,2-5,8H2,1H3. The fraction of sp³-hybridized carbons (Fsp3) is 0.583. The first-order chi connectivity index (χ1) is 7.79. The highest BCUT2D eigenvalue weighted by Gasteiger charge is 2.15. The molecule has 2 rings (SSSR count). The van der Waals surface area contributed by atoms with E-state index in [0.29, 0.717) is 18.3 Å². The molecule has 16 heavy (non-hydrogen) atoms. The largest absolute Gasteiger partial charge is 0.342 e. The lowest BCUT2D eigenvalue weighted by Crippen LogP contribution is -2.21. The minimum Gasteiger partial charge on any atom is -0.342 e. The maximum atomic E-state index is 8.81. The fourth-order valence-corrected chi connectivity index (χ4v) is 2.09. The molecule has 0 spiro atoms. The average molecular weight is 219 g/mol. The molecule has 0 radical (unpaired) electrons. The van der Waals surface area contributed by atoms with Crippen LogP contribution in [0.2, 0.25) is 0 Å². The molecule has 1 saturated carbocycles. The van der Waals surface area contributed by atoms with Crippen LogP contribution in [0.25, 0.3) is 0 Å². The van der Waals surface area contributed by atoms with Crippen LogP contribution >= 0.6 is 0 Å². The predicted molar refractivity (Wildman–Crippen MR) is 60.3 cm³/mol. The van der Waals surface area contributed by atoms with Gasteiger partial charge < -0.3 is 4.57 Å². The minimum absolute atomic E-state index is 0.374. The van der Waals surface area contributed by atoms with Crippen LogP contribution < -0.4 is 5.48 Å². The number of hydroxylamine groups is 1. The topological polar surface area (TPSA) is 50.0 Å². The quantitative estimate of drug-likeness (QED) is 0.786. The summed E-state index contributed by atoms with van der Waals surface area (Å²) < 4.78 is 1.83. The van der Waals surface area contributed by atoms with Gasteiger partial charge in [-0.05, 0) is 24.5 Å². The van der Waals surface area contributed by atoms with Gasteiger partial charge in [0.2, 0.25) is 0 Å². The lowest BCUT2D eigenvalue weighted by atomic mass is 10.3. The first-order valence-electron chi connectivity index (χ1n) is 5.73. The number of rotatable bonds is 4. The van der Waals surface area contributed by atoms with Crippen LogP contribution in [0.4, 0.5) is 0 Å². The molecule has 4 heteroatoms. The van der Waals surface area contributed by atoms with Crippen molar-refractivity contribution in [2.75, 3.05) is 0 Å². The molecule has 86 valence electrons. The Balaban J connectivity index is 1.78. The molecule has 0 amide bonds. The van der Waals surface area contributed by atoms with Crippen LogP contribution in [-0.2, 0) is 18.4 Å². The van der Waals surface area contributed by atoms with Gasteiger partial charge in [-0.1, -0.05) is 12.8 Å². The number of nitriles is 1. The van der Waals surface area contributed by atoms with Gasteiger partial charge in [0.15, 0.2) is 0 Å². The van der Waals surface area contributed by atoms with Gasteiger partial charge in [0.1, 0.15) is 11.8 Å². The first kappa shape index (κ1) is 11.2. The summed E-state index contributed by atoms with van der Waals surface area (Å²) in [5.41, 5.74) is 4.74. The molecular weight excluding hydrogens is 202 g/mol. The van der Waals surface area contributed by atoms with E-state index in [1.807, 2.05) is 23.9 Å². The van der Waals surface area contributed by atoms with Crippen molar-refractivity contribution in [2.45, 2.75) is 38.3 Å². The molecule has 0 unspecified atom stereocenters.